The maximum Gasteiger partial charge on any atom is 0.317 e. The molecule has 0 aromatic carbocycles. The zero-order valence-corrected chi connectivity index (χ0v) is 12.7. The molecule has 6 heteroatoms. The van der Waals surface area contributed by atoms with Gasteiger partial charge in [0.25, 0.3) is 0 Å². The molecular formula is C14H25ClN2O3. The second-order valence-electron chi connectivity index (χ2n) is 5.76. The number of nitrogens with zero attached hydrogens (tertiary/aromatic N) is 2. The van der Waals surface area contributed by atoms with E-state index in [1.807, 2.05) is 9.80 Å². The third-order valence-electron chi connectivity index (χ3n) is 4.27. The number of aliphatic carboxylic acids is 1. The Bertz CT molecular complexity index is 324. The summed E-state index contributed by atoms with van der Waals surface area (Å²) in [7, 11) is 0. The summed E-state index contributed by atoms with van der Waals surface area (Å²) in [5, 5.41) is 8.73. The lowest BCUT2D eigenvalue weighted by Crippen LogP contribution is -2.50. The molecule has 2 fully saturated rings. The van der Waals surface area contributed by atoms with Crippen LogP contribution in [0.1, 0.15) is 38.5 Å². The van der Waals surface area contributed by atoms with E-state index in [2.05, 4.69) is 0 Å². The number of hydrogen-bond donors (Lipinski definition) is 1. The minimum atomic E-state index is -0.790. The fraction of sp³-hybridized carbons (Fsp3) is 0.857. The summed E-state index contributed by atoms with van der Waals surface area (Å²) in [6.45, 7) is 2.81. The van der Waals surface area contributed by atoms with Gasteiger partial charge in [-0.05, 0) is 18.8 Å². The van der Waals surface area contributed by atoms with Gasteiger partial charge in [-0.2, -0.15) is 0 Å². The Morgan fingerprint density at radius 2 is 1.60 bits per heavy atom. The number of piperazine rings is 1. The molecule has 0 aromatic rings. The van der Waals surface area contributed by atoms with Crippen LogP contribution in [0.25, 0.3) is 0 Å². The van der Waals surface area contributed by atoms with Crippen molar-refractivity contribution in [3.05, 3.63) is 0 Å². The number of carbonyl (C=O) groups is 2. The van der Waals surface area contributed by atoms with Crippen molar-refractivity contribution in [2.24, 2.45) is 5.92 Å². The molecule has 0 spiro atoms. The van der Waals surface area contributed by atoms with Gasteiger partial charge >= 0.3 is 5.97 Å². The van der Waals surface area contributed by atoms with Crippen LogP contribution in [0.15, 0.2) is 0 Å². The van der Waals surface area contributed by atoms with E-state index < -0.39 is 5.97 Å². The molecule has 1 saturated carbocycles. The normalized spacial score (nSPS) is 21.3. The van der Waals surface area contributed by atoms with Crippen molar-refractivity contribution in [1.29, 1.82) is 0 Å². The lowest BCUT2D eigenvalue weighted by molar-refractivity contribution is -0.139. The topological polar surface area (TPSA) is 60.9 Å². The van der Waals surface area contributed by atoms with E-state index in [1.165, 1.54) is 32.1 Å². The van der Waals surface area contributed by atoms with E-state index in [-0.39, 0.29) is 24.9 Å². The Kier molecular flexibility index (Phi) is 7.30. The molecule has 116 valence electrons. The first-order valence-electron chi connectivity index (χ1n) is 7.37. The maximum absolute atomic E-state index is 12.2. The highest BCUT2D eigenvalue weighted by molar-refractivity contribution is 5.85. The van der Waals surface area contributed by atoms with E-state index in [9.17, 15) is 9.59 Å². The van der Waals surface area contributed by atoms with Crippen LogP contribution >= 0.6 is 12.4 Å². The van der Waals surface area contributed by atoms with Gasteiger partial charge in [0.1, 0.15) is 0 Å². The fourth-order valence-corrected chi connectivity index (χ4v) is 3.11. The second kappa shape index (κ2) is 8.47. The molecule has 0 bridgehead atoms. The molecule has 5 nitrogen and oxygen atoms in total. The standard InChI is InChI=1S/C14H24N2O3.ClH/c17-13(10-12-4-2-1-3-5-12)16-8-6-15(7-9-16)11-14(18)19;/h12H,1-11H2,(H,18,19);1H. The van der Waals surface area contributed by atoms with Crippen molar-refractivity contribution in [2.75, 3.05) is 32.7 Å². The fourth-order valence-electron chi connectivity index (χ4n) is 3.11. The van der Waals surface area contributed by atoms with Gasteiger partial charge in [-0.1, -0.05) is 19.3 Å². The molecule has 1 amide bonds. The molecule has 0 unspecified atom stereocenters. The lowest BCUT2D eigenvalue weighted by atomic mass is 9.86. The van der Waals surface area contributed by atoms with Crippen molar-refractivity contribution in [3.63, 3.8) is 0 Å². The predicted octanol–water partition coefficient (Wildman–Crippen LogP) is 1.61. The predicted molar refractivity (Wildman–Crippen MR) is 79.1 cm³/mol. The van der Waals surface area contributed by atoms with E-state index in [4.69, 9.17) is 5.11 Å². The van der Waals surface area contributed by atoms with E-state index in [0.29, 0.717) is 38.5 Å². The summed E-state index contributed by atoms with van der Waals surface area (Å²) in [5.41, 5.74) is 0. The highest BCUT2D eigenvalue weighted by atomic mass is 35.5. The smallest absolute Gasteiger partial charge is 0.317 e. The van der Waals surface area contributed by atoms with Gasteiger partial charge in [0.05, 0.1) is 6.54 Å². The summed E-state index contributed by atoms with van der Waals surface area (Å²) in [6, 6.07) is 0. The van der Waals surface area contributed by atoms with Gasteiger partial charge in [0.15, 0.2) is 0 Å². The number of halogens is 1. The van der Waals surface area contributed by atoms with Gasteiger partial charge in [-0.25, -0.2) is 0 Å². The zero-order chi connectivity index (χ0) is 13.7. The Morgan fingerprint density at radius 3 is 2.15 bits per heavy atom. The highest BCUT2D eigenvalue weighted by Gasteiger charge is 2.24. The number of carbonyl (C=O) groups excluding carboxylic acids is 1. The zero-order valence-electron chi connectivity index (χ0n) is 11.9. The Morgan fingerprint density at radius 1 is 1.00 bits per heavy atom. The monoisotopic (exact) mass is 304 g/mol. The van der Waals surface area contributed by atoms with Gasteiger partial charge in [-0.3, -0.25) is 14.5 Å². The summed E-state index contributed by atoms with van der Waals surface area (Å²) >= 11 is 0. The number of rotatable bonds is 4. The van der Waals surface area contributed by atoms with Crippen LogP contribution < -0.4 is 0 Å². The molecule has 20 heavy (non-hydrogen) atoms. The van der Waals surface area contributed by atoms with Crippen molar-refractivity contribution in [1.82, 2.24) is 9.80 Å². The quantitative estimate of drug-likeness (QED) is 0.857. The molecule has 1 saturated heterocycles. The highest BCUT2D eigenvalue weighted by Crippen LogP contribution is 2.26. The van der Waals surface area contributed by atoms with Gasteiger partial charge < -0.3 is 10.0 Å². The number of amides is 1. The summed E-state index contributed by atoms with van der Waals surface area (Å²) < 4.78 is 0. The maximum atomic E-state index is 12.2. The minimum Gasteiger partial charge on any atom is -0.480 e. The molecule has 1 aliphatic heterocycles. The first-order chi connectivity index (χ1) is 9.15. The molecular weight excluding hydrogens is 280 g/mol. The van der Waals surface area contributed by atoms with Crippen molar-refractivity contribution in [3.8, 4) is 0 Å². The van der Waals surface area contributed by atoms with E-state index in [0.717, 1.165) is 0 Å². The average Bonchev–Trinajstić information content (AvgIpc) is 2.40. The molecule has 1 N–H and O–H groups in total. The van der Waals surface area contributed by atoms with Crippen LogP contribution in [0.5, 0.6) is 0 Å². The van der Waals surface area contributed by atoms with E-state index in [1.54, 1.807) is 0 Å². The Labute approximate surface area is 126 Å². The summed E-state index contributed by atoms with van der Waals surface area (Å²) in [5.74, 6) is 0.0576. The largest absolute Gasteiger partial charge is 0.480 e. The number of hydrogen-bond acceptors (Lipinski definition) is 3. The summed E-state index contributed by atoms with van der Waals surface area (Å²) in [4.78, 5) is 26.6. The number of carboxylic acids is 1. The molecule has 1 heterocycles. The van der Waals surface area contributed by atoms with E-state index >= 15 is 0 Å². The molecule has 1 aliphatic carbocycles. The van der Waals surface area contributed by atoms with Crippen LogP contribution in [0.2, 0.25) is 0 Å². The van der Waals surface area contributed by atoms with Crippen LogP contribution in [0.4, 0.5) is 0 Å². The Balaban J connectivity index is 0.00000200. The van der Waals surface area contributed by atoms with Crippen LogP contribution in [-0.4, -0.2) is 59.5 Å². The van der Waals surface area contributed by atoms with Gasteiger partial charge in [0, 0.05) is 32.6 Å². The number of carboxylic acid groups (broad SMARTS) is 1. The minimum absolute atomic E-state index is 0. The first-order valence-corrected chi connectivity index (χ1v) is 7.37. The third-order valence-corrected chi connectivity index (χ3v) is 4.27. The van der Waals surface area contributed by atoms with Crippen LogP contribution in [0, 0.1) is 5.92 Å². The molecule has 2 rings (SSSR count). The molecule has 0 radical (unpaired) electrons. The SMILES string of the molecule is Cl.O=C(O)CN1CCN(C(=O)CC2CCCCC2)CC1. The molecule has 0 aromatic heterocycles. The van der Waals surface area contributed by atoms with Crippen molar-refractivity contribution in [2.45, 2.75) is 38.5 Å². The van der Waals surface area contributed by atoms with Gasteiger partial charge in [0.2, 0.25) is 5.91 Å². The Hall–Kier alpha value is -0.810. The third kappa shape index (κ3) is 5.29. The van der Waals surface area contributed by atoms with Crippen molar-refractivity contribution >= 4 is 24.3 Å². The summed E-state index contributed by atoms with van der Waals surface area (Å²) in [6.07, 6.45) is 6.95. The molecule has 0 atom stereocenters. The van der Waals surface area contributed by atoms with Gasteiger partial charge in [-0.15, -0.1) is 12.4 Å². The van der Waals surface area contributed by atoms with Crippen LogP contribution in [-0.2, 0) is 9.59 Å². The van der Waals surface area contributed by atoms with Crippen molar-refractivity contribution < 1.29 is 14.7 Å². The average molecular weight is 305 g/mol. The first kappa shape index (κ1) is 17.2. The molecule has 2 aliphatic rings. The second-order valence-corrected chi connectivity index (χ2v) is 5.76. The van der Waals surface area contributed by atoms with Crippen LogP contribution in [0.3, 0.4) is 0 Å². The lowest BCUT2D eigenvalue weighted by Gasteiger charge is -2.35.